The second-order valence-electron chi connectivity index (χ2n) is 4.06. The zero-order chi connectivity index (χ0) is 13.0. The van der Waals surface area contributed by atoms with Crippen molar-refractivity contribution >= 4 is 17.6 Å². The molecule has 0 atom stereocenters. The largest absolute Gasteiger partial charge is 0.465 e. The van der Waals surface area contributed by atoms with Gasteiger partial charge in [-0.15, -0.1) is 0 Å². The van der Waals surface area contributed by atoms with Crippen LogP contribution in [0.5, 0.6) is 0 Å². The number of pyridine rings is 1. The molecule has 0 aliphatic carbocycles. The van der Waals surface area contributed by atoms with E-state index in [0.717, 1.165) is 38.4 Å². The van der Waals surface area contributed by atoms with E-state index in [9.17, 15) is 4.79 Å². The highest BCUT2D eigenvalue weighted by molar-refractivity contribution is 6.32. The predicted molar refractivity (Wildman–Crippen MR) is 66.7 cm³/mol. The first-order valence-corrected chi connectivity index (χ1v) is 6.11. The molecular formula is C12H15ClN2O3. The van der Waals surface area contributed by atoms with Crippen LogP contribution >= 0.6 is 11.6 Å². The molecule has 1 aliphatic heterocycles. The van der Waals surface area contributed by atoms with Crippen LogP contribution in [0.4, 0.5) is 0 Å². The Hall–Kier alpha value is -1.17. The van der Waals surface area contributed by atoms with Gasteiger partial charge in [-0.05, 0) is 11.6 Å². The Morgan fingerprint density at radius 3 is 2.94 bits per heavy atom. The minimum atomic E-state index is -0.462. The molecule has 0 aromatic carbocycles. The van der Waals surface area contributed by atoms with Crippen molar-refractivity contribution in [1.82, 2.24) is 9.88 Å². The summed E-state index contributed by atoms with van der Waals surface area (Å²) in [6.07, 6.45) is 1.68. The van der Waals surface area contributed by atoms with Crippen molar-refractivity contribution in [3.8, 4) is 0 Å². The Bertz CT molecular complexity index is 433. The topological polar surface area (TPSA) is 51.7 Å². The summed E-state index contributed by atoms with van der Waals surface area (Å²) < 4.78 is 9.95. The molecule has 1 fully saturated rings. The fourth-order valence-corrected chi connectivity index (χ4v) is 2.03. The van der Waals surface area contributed by atoms with Gasteiger partial charge in [-0.1, -0.05) is 11.6 Å². The molecule has 0 radical (unpaired) electrons. The number of hydrogen-bond donors (Lipinski definition) is 0. The zero-order valence-electron chi connectivity index (χ0n) is 10.2. The third-order valence-corrected chi connectivity index (χ3v) is 3.11. The van der Waals surface area contributed by atoms with Gasteiger partial charge in [-0.2, -0.15) is 0 Å². The molecule has 98 valence electrons. The third-order valence-electron chi connectivity index (χ3n) is 2.81. The molecule has 18 heavy (non-hydrogen) atoms. The number of rotatable bonds is 3. The number of ether oxygens (including phenoxy) is 2. The van der Waals surface area contributed by atoms with Crippen LogP contribution in [-0.2, 0) is 16.0 Å². The fourth-order valence-electron chi connectivity index (χ4n) is 1.85. The minimum Gasteiger partial charge on any atom is -0.465 e. The van der Waals surface area contributed by atoms with E-state index in [2.05, 4.69) is 14.6 Å². The quantitative estimate of drug-likeness (QED) is 0.613. The summed E-state index contributed by atoms with van der Waals surface area (Å²) in [6.45, 7) is 3.99. The first-order chi connectivity index (χ1) is 8.70. The van der Waals surface area contributed by atoms with E-state index < -0.39 is 5.97 Å². The van der Waals surface area contributed by atoms with Crippen LogP contribution in [0.25, 0.3) is 0 Å². The van der Waals surface area contributed by atoms with Gasteiger partial charge in [0.05, 0.1) is 25.9 Å². The average molecular weight is 271 g/mol. The number of nitrogens with zero attached hydrogens (tertiary/aromatic N) is 2. The Morgan fingerprint density at radius 2 is 2.28 bits per heavy atom. The smallest absolute Gasteiger partial charge is 0.341 e. The molecule has 1 saturated heterocycles. The van der Waals surface area contributed by atoms with E-state index in [4.69, 9.17) is 16.3 Å². The Balaban J connectivity index is 2.11. The number of morpholine rings is 1. The highest BCUT2D eigenvalue weighted by atomic mass is 35.5. The monoisotopic (exact) mass is 270 g/mol. The van der Waals surface area contributed by atoms with E-state index in [1.165, 1.54) is 7.11 Å². The Labute approximate surface area is 111 Å². The number of aromatic nitrogens is 1. The molecular weight excluding hydrogens is 256 g/mol. The first-order valence-electron chi connectivity index (χ1n) is 5.73. The normalized spacial score (nSPS) is 16.6. The van der Waals surface area contributed by atoms with Gasteiger partial charge in [0, 0.05) is 25.8 Å². The maximum absolute atomic E-state index is 11.5. The lowest BCUT2D eigenvalue weighted by molar-refractivity contribution is 0.0341. The molecule has 2 heterocycles. The highest BCUT2D eigenvalue weighted by Gasteiger charge is 2.15. The second kappa shape index (κ2) is 6.13. The second-order valence-corrected chi connectivity index (χ2v) is 4.42. The van der Waals surface area contributed by atoms with Crippen molar-refractivity contribution < 1.29 is 14.3 Å². The molecule has 0 saturated carbocycles. The van der Waals surface area contributed by atoms with Gasteiger partial charge in [0.2, 0.25) is 0 Å². The third kappa shape index (κ3) is 3.19. The van der Waals surface area contributed by atoms with E-state index in [0.29, 0.717) is 5.56 Å². The van der Waals surface area contributed by atoms with Crippen molar-refractivity contribution in [2.45, 2.75) is 6.54 Å². The minimum absolute atomic E-state index is 0.174. The lowest BCUT2D eigenvalue weighted by atomic mass is 10.2. The van der Waals surface area contributed by atoms with Crippen molar-refractivity contribution in [3.05, 3.63) is 28.5 Å². The molecule has 0 N–H and O–H groups in total. The standard InChI is InChI=1S/C12H15ClN2O3/c1-17-12(16)10-6-9(7-14-11(10)13)8-15-2-4-18-5-3-15/h6-7H,2-5,8H2,1H3. The van der Waals surface area contributed by atoms with Crippen LogP contribution in [-0.4, -0.2) is 49.3 Å². The highest BCUT2D eigenvalue weighted by Crippen LogP contribution is 2.17. The Kier molecular flexibility index (Phi) is 4.52. The molecule has 0 spiro atoms. The summed E-state index contributed by atoms with van der Waals surface area (Å²) in [5.74, 6) is -0.462. The van der Waals surface area contributed by atoms with Gasteiger partial charge >= 0.3 is 5.97 Å². The number of hydrogen-bond acceptors (Lipinski definition) is 5. The van der Waals surface area contributed by atoms with Crippen LogP contribution in [0, 0.1) is 0 Å². The van der Waals surface area contributed by atoms with E-state index in [-0.39, 0.29) is 5.15 Å². The summed E-state index contributed by atoms with van der Waals surface area (Å²) in [4.78, 5) is 17.8. The molecule has 1 aromatic rings. The van der Waals surface area contributed by atoms with Gasteiger partial charge in [0.25, 0.3) is 0 Å². The lowest BCUT2D eigenvalue weighted by Gasteiger charge is -2.26. The van der Waals surface area contributed by atoms with E-state index in [1.807, 2.05) is 0 Å². The van der Waals surface area contributed by atoms with Crippen molar-refractivity contribution in [3.63, 3.8) is 0 Å². The summed E-state index contributed by atoms with van der Waals surface area (Å²) >= 11 is 5.87. The summed E-state index contributed by atoms with van der Waals surface area (Å²) in [5, 5.41) is 0.174. The van der Waals surface area contributed by atoms with Crippen molar-refractivity contribution in [2.75, 3.05) is 33.4 Å². The van der Waals surface area contributed by atoms with Crippen LogP contribution in [0.2, 0.25) is 5.15 Å². The van der Waals surface area contributed by atoms with E-state index >= 15 is 0 Å². The van der Waals surface area contributed by atoms with Crippen LogP contribution in [0.3, 0.4) is 0 Å². The lowest BCUT2D eigenvalue weighted by Crippen LogP contribution is -2.35. The molecule has 0 bridgehead atoms. The number of methoxy groups -OCH3 is 1. The zero-order valence-corrected chi connectivity index (χ0v) is 10.9. The summed E-state index contributed by atoms with van der Waals surface area (Å²) in [7, 11) is 1.33. The predicted octanol–water partition coefficient (Wildman–Crippen LogP) is 1.35. The maximum atomic E-state index is 11.5. The van der Waals surface area contributed by atoms with Gasteiger partial charge < -0.3 is 9.47 Å². The molecule has 1 aliphatic rings. The fraction of sp³-hybridized carbons (Fsp3) is 0.500. The molecule has 2 rings (SSSR count). The number of carbonyl (C=O) groups excluding carboxylic acids is 1. The first kappa shape index (κ1) is 13.3. The molecule has 6 heteroatoms. The molecule has 0 amide bonds. The van der Waals surface area contributed by atoms with Crippen LogP contribution < -0.4 is 0 Å². The van der Waals surface area contributed by atoms with Crippen LogP contribution in [0.15, 0.2) is 12.3 Å². The molecule has 5 nitrogen and oxygen atoms in total. The SMILES string of the molecule is COC(=O)c1cc(CN2CCOCC2)cnc1Cl. The Morgan fingerprint density at radius 1 is 1.56 bits per heavy atom. The van der Waals surface area contributed by atoms with Gasteiger partial charge in [-0.3, -0.25) is 4.90 Å². The van der Waals surface area contributed by atoms with E-state index in [1.54, 1.807) is 12.3 Å². The number of esters is 1. The van der Waals surface area contributed by atoms with Gasteiger partial charge in [0.1, 0.15) is 5.15 Å². The van der Waals surface area contributed by atoms with Gasteiger partial charge in [0.15, 0.2) is 0 Å². The van der Waals surface area contributed by atoms with Crippen molar-refractivity contribution in [1.29, 1.82) is 0 Å². The summed E-state index contributed by atoms with van der Waals surface area (Å²) in [6, 6.07) is 1.73. The molecule has 0 unspecified atom stereocenters. The van der Waals surface area contributed by atoms with Crippen LogP contribution in [0.1, 0.15) is 15.9 Å². The maximum Gasteiger partial charge on any atom is 0.341 e. The number of halogens is 1. The average Bonchev–Trinajstić information content (AvgIpc) is 2.41. The van der Waals surface area contributed by atoms with Gasteiger partial charge in [-0.25, -0.2) is 9.78 Å². The summed E-state index contributed by atoms with van der Waals surface area (Å²) in [5.41, 5.74) is 1.26. The number of carbonyl (C=O) groups is 1. The van der Waals surface area contributed by atoms with Crippen molar-refractivity contribution in [2.24, 2.45) is 0 Å². The molecule has 1 aromatic heterocycles.